The molecule has 0 unspecified atom stereocenters. The number of rotatable bonds is 13. The second-order valence-electron chi connectivity index (χ2n) is 11.2. The third kappa shape index (κ3) is 12.1. The van der Waals surface area contributed by atoms with E-state index in [4.69, 9.17) is 22.0 Å². The van der Waals surface area contributed by atoms with Crippen molar-refractivity contribution in [3.05, 3.63) is 107 Å². The standard InChI is InChI=1S/C34H40N10O2S2/c1-23-39-13-15-43(23)21-27-9-5-7-25(17-27)19-31(45)41-33(37)47-29(35)11-3-4-12-30(36)48-34(38)42-32(46)20-26-8-6-10-28(18-26)22-44-16-14-40-24(44)2/h5-10,13-18,35-36H,3-4,11-12,19-22H2,1-2H3,(H2,37,41,45)(H2,38,42,46). The molecule has 0 bridgehead atoms. The topological polar surface area (TPSA) is 192 Å². The molecule has 2 aromatic carbocycles. The molecule has 2 amide bonds. The fraction of sp³-hybridized carbons (Fsp3) is 0.294. The van der Waals surface area contributed by atoms with Crippen molar-refractivity contribution in [3.8, 4) is 0 Å². The highest BCUT2D eigenvalue weighted by Crippen LogP contribution is 2.16. The smallest absolute Gasteiger partial charge is 0.252 e. The molecule has 0 fully saturated rings. The zero-order chi connectivity index (χ0) is 34.5. The van der Waals surface area contributed by atoms with Crippen molar-refractivity contribution in [2.24, 2.45) is 10.7 Å². The van der Waals surface area contributed by atoms with Crippen molar-refractivity contribution in [2.75, 3.05) is 0 Å². The van der Waals surface area contributed by atoms with E-state index in [1.54, 1.807) is 12.4 Å². The highest BCUT2D eigenvalue weighted by atomic mass is 32.2. The molecule has 48 heavy (non-hydrogen) atoms. The van der Waals surface area contributed by atoms with Gasteiger partial charge in [0.1, 0.15) is 11.6 Å². The van der Waals surface area contributed by atoms with Crippen LogP contribution in [0.1, 0.15) is 59.6 Å². The summed E-state index contributed by atoms with van der Waals surface area (Å²) in [6, 6.07) is 15.5. The number of carbonyl (C=O) groups excluding carboxylic acids is 2. The molecule has 250 valence electrons. The Morgan fingerprint density at radius 1 is 0.792 bits per heavy atom. The molecule has 0 aliphatic heterocycles. The van der Waals surface area contributed by atoms with Gasteiger partial charge in [0.15, 0.2) is 10.3 Å². The maximum absolute atomic E-state index is 12.5. The molecular formula is C34H40N10O2S2. The van der Waals surface area contributed by atoms with Gasteiger partial charge in [-0.3, -0.25) is 25.8 Å². The SMILES string of the molecule is Cc1nccn1Cc1cccc(CC(=O)N=C(N)SC(=N)CCCCC(=N)SC(=N)NC(=O)Cc2cccc(Cn3ccnc3C)c2)c1. The van der Waals surface area contributed by atoms with Gasteiger partial charge in [0.25, 0.3) is 5.91 Å². The lowest BCUT2D eigenvalue weighted by molar-refractivity contribution is -0.119. The predicted octanol–water partition coefficient (Wildman–Crippen LogP) is 5.45. The first-order valence-corrected chi connectivity index (χ1v) is 17.0. The van der Waals surface area contributed by atoms with Crippen LogP contribution in [0.5, 0.6) is 0 Å². The van der Waals surface area contributed by atoms with Crippen LogP contribution < -0.4 is 11.1 Å². The Labute approximate surface area is 288 Å². The van der Waals surface area contributed by atoms with Crippen LogP contribution in [0.3, 0.4) is 0 Å². The molecule has 0 saturated carbocycles. The number of nitrogens with zero attached hydrogens (tertiary/aromatic N) is 5. The van der Waals surface area contributed by atoms with Crippen LogP contribution in [0.4, 0.5) is 0 Å². The van der Waals surface area contributed by atoms with Gasteiger partial charge in [-0.2, -0.15) is 4.99 Å². The number of amidine groups is 2. The Morgan fingerprint density at radius 2 is 1.29 bits per heavy atom. The molecule has 0 radical (unpaired) electrons. The Morgan fingerprint density at radius 3 is 1.81 bits per heavy atom. The number of thioether (sulfide) groups is 2. The molecule has 0 aliphatic rings. The first-order chi connectivity index (χ1) is 23.0. The molecule has 6 N–H and O–H groups in total. The third-order valence-electron chi connectivity index (χ3n) is 7.25. The summed E-state index contributed by atoms with van der Waals surface area (Å²) in [5.41, 5.74) is 9.73. The Hall–Kier alpha value is -4.82. The number of amides is 2. The monoisotopic (exact) mass is 684 g/mol. The summed E-state index contributed by atoms with van der Waals surface area (Å²) >= 11 is 1.87. The minimum Gasteiger partial charge on any atom is -0.378 e. The van der Waals surface area contributed by atoms with Crippen molar-refractivity contribution in [2.45, 2.75) is 65.5 Å². The average molecular weight is 685 g/mol. The number of unbranched alkanes of at least 4 members (excludes halogenated alkanes) is 1. The van der Waals surface area contributed by atoms with Crippen LogP contribution in [0.25, 0.3) is 0 Å². The second kappa shape index (κ2) is 17.9. The second-order valence-corrected chi connectivity index (χ2v) is 13.4. The first-order valence-electron chi connectivity index (χ1n) is 15.4. The predicted molar refractivity (Wildman–Crippen MR) is 194 cm³/mol. The summed E-state index contributed by atoms with van der Waals surface area (Å²) in [5, 5.41) is 27.5. The summed E-state index contributed by atoms with van der Waals surface area (Å²) < 4.78 is 4.06. The van der Waals surface area contributed by atoms with Gasteiger partial charge >= 0.3 is 0 Å². The van der Waals surface area contributed by atoms with Crippen LogP contribution in [0.2, 0.25) is 0 Å². The van der Waals surface area contributed by atoms with Gasteiger partial charge in [0.2, 0.25) is 5.91 Å². The quantitative estimate of drug-likeness (QED) is 0.0702. The largest absolute Gasteiger partial charge is 0.378 e. The molecule has 0 saturated heterocycles. The van der Waals surface area contributed by atoms with Crippen LogP contribution in [0.15, 0.2) is 78.3 Å². The number of benzene rings is 2. The fourth-order valence-corrected chi connectivity index (χ4v) is 6.18. The van der Waals surface area contributed by atoms with E-state index in [9.17, 15) is 9.59 Å². The minimum atomic E-state index is -0.377. The van der Waals surface area contributed by atoms with Crippen molar-refractivity contribution >= 4 is 55.8 Å². The van der Waals surface area contributed by atoms with Crippen LogP contribution in [0, 0.1) is 30.1 Å². The molecule has 0 aliphatic carbocycles. The van der Waals surface area contributed by atoms with E-state index in [-0.39, 0.29) is 45.1 Å². The van der Waals surface area contributed by atoms with Gasteiger partial charge < -0.3 is 20.2 Å². The molecule has 4 aromatic rings. The Kier molecular flexibility index (Phi) is 13.4. The zero-order valence-corrected chi connectivity index (χ0v) is 28.7. The molecule has 0 spiro atoms. The summed E-state index contributed by atoms with van der Waals surface area (Å²) in [7, 11) is 0. The number of nitrogens with one attached hydrogen (secondary N) is 4. The maximum atomic E-state index is 12.5. The number of nitrogens with two attached hydrogens (primary N) is 1. The number of hydrogen-bond acceptors (Lipinski definition) is 9. The van der Waals surface area contributed by atoms with Gasteiger partial charge in [0.05, 0.1) is 22.9 Å². The van der Waals surface area contributed by atoms with E-state index >= 15 is 0 Å². The summed E-state index contributed by atoms with van der Waals surface area (Å²) in [6.45, 7) is 5.20. The first kappa shape index (κ1) is 36.0. The number of aryl methyl sites for hydroxylation is 2. The van der Waals surface area contributed by atoms with Crippen LogP contribution >= 0.6 is 23.5 Å². The molecule has 2 aromatic heterocycles. The lowest BCUT2D eigenvalue weighted by Gasteiger charge is -2.09. The maximum Gasteiger partial charge on any atom is 0.252 e. The molecule has 14 heteroatoms. The fourth-order valence-electron chi connectivity index (χ4n) is 4.88. The highest BCUT2D eigenvalue weighted by Gasteiger charge is 2.12. The van der Waals surface area contributed by atoms with Crippen molar-refractivity contribution < 1.29 is 9.59 Å². The summed E-state index contributed by atoms with van der Waals surface area (Å²) in [5.74, 6) is 1.14. The van der Waals surface area contributed by atoms with E-state index in [0.29, 0.717) is 38.8 Å². The number of imidazole rings is 2. The molecule has 2 heterocycles. The van der Waals surface area contributed by atoms with Crippen LogP contribution in [-0.4, -0.2) is 51.3 Å². The average Bonchev–Trinajstić information content (AvgIpc) is 3.61. The molecule has 4 rings (SSSR count). The molecule has 12 nitrogen and oxygen atoms in total. The third-order valence-corrected chi connectivity index (χ3v) is 8.76. The summed E-state index contributed by atoms with van der Waals surface area (Å²) in [6.07, 6.45) is 9.68. The number of hydrogen-bond donors (Lipinski definition) is 5. The number of aliphatic imine (C=N–C) groups is 1. The highest BCUT2D eigenvalue weighted by molar-refractivity contribution is 8.26. The molecular weight excluding hydrogens is 645 g/mol. The van der Waals surface area contributed by atoms with Gasteiger partial charge in [-0.1, -0.05) is 48.5 Å². The van der Waals surface area contributed by atoms with E-state index in [2.05, 4.69) is 20.3 Å². The van der Waals surface area contributed by atoms with Gasteiger partial charge in [-0.25, -0.2) is 9.97 Å². The van der Waals surface area contributed by atoms with Crippen LogP contribution in [-0.2, 0) is 35.5 Å². The van der Waals surface area contributed by atoms with Gasteiger partial charge in [-0.15, -0.1) is 0 Å². The van der Waals surface area contributed by atoms with Gasteiger partial charge in [0, 0.05) is 37.9 Å². The minimum absolute atomic E-state index is 0.0303. The molecule has 0 atom stereocenters. The number of carbonyl (C=O) groups is 2. The van der Waals surface area contributed by atoms with E-state index in [0.717, 1.165) is 57.4 Å². The van der Waals surface area contributed by atoms with Crippen molar-refractivity contribution in [1.29, 1.82) is 16.2 Å². The Bertz CT molecular complexity index is 1810. The van der Waals surface area contributed by atoms with Crippen molar-refractivity contribution in [1.82, 2.24) is 24.4 Å². The lowest BCUT2D eigenvalue weighted by atomic mass is 10.1. The number of aromatic nitrogens is 4. The normalized spacial score (nSPS) is 11.3. The van der Waals surface area contributed by atoms with E-state index in [1.807, 2.05) is 83.9 Å². The van der Waals surface area contributed by atoms with E-state index in [1.165, 1.54) is 0 Å². The van der Waals surface area contributed by atoms with E-state index < -0.39 is 0 Å². The lowest BCUT2D eigenvalue weighted by Crippen LogP contribution is -2.29. The van der Waals surface area contributed by atoms with Crippen molar-refractivity contribution in [3.63, 3.8) is 0 Å². The Balaban J connectivity index is 1.10. The summed E-state index contributed by atoms with van der Waals surface area (Å²) in [4.78, 5) is 37.5. The van der Waals surface area contributed by atoms with Gasteiger partial charge in [-0.05, 0) is 85.3 Å². The zero-order valence-electron chi connectivity index (χ0n) is 27.0.